The van der Waals surface area contributed by atoms with Crippen LogP contribution in [0.3, 0.4) is 0 Å². The Kier molecular flexibility index (Phi) is 3.14. The molecule has 0 bridgehead atoms. The zero-order valence-corrected chi connectivity index (χ0v) is 10.5. The Morgan fingerprint density at radius 1 is 1.12 bits per heavy atom. The topological polar surface area (TPSA) is 22.0 Å². The van der Waals surface area contributed by atoms with E-state index in [1.807, 2.05) is 49.5 Å². The van der Waals surface area contributed by atoms with Crippen LogP contribution in [-0.4, -0.2) is 10.5 Å². The van der Waals surface area contributed by atoms with Crippen molar-refractivity contribution in [2.24, 2.45) is 0 Å². The maximum Gasteiger partial charge on any atom is 0.262 e. The Hall–Kier alpha value is -1.83. The van der Waals surface area contributed by atoms with Gasteiger partial charge in [0.15, 0.2) is 0 Å². The number of rotatable bonds is 2. The number of hydrogen-bond donors (Lipinski definition) is 0. The number of aromatic nitrogens is 1. The summed E-state index contributed by atoms with van der Waals surface area (Å²) in [6, 6.07) is 11.4. The van der Waals surface area contributed by atoms with Crippen molar-refractivity contribution in [3.63, 3.8) is 0 Å². The highest BCUT2D eigenvalue weighted by Crippen LogP contribution is 2.21. The Morgan fingerprint density at radius 3 is 2.35 bits per heavy atom. The van der Waals surface area contributed by atoms with E-state index in [9.17, 15) is 4.79 Å². The molecule has 0 aliphatic rings. The van der Waals surface area contributed by atoms with Gasteiger partial charge in [-0.1, -0.05) is 32.0 Å². The van der Waals surface area contributed by atoms with E-state index in [4.69, 9.17) is 0 Å². The summed E-state index contributed by atoms with van der Waals surface area (Å²) in [6.45, 7) is 6.26. The third kappa shape index (κ3) is 2.16. The van der Waals surface area contributed by atoms with Gasteiger partial charge >= 0.3 is 0 Å². The van der Waals surface area contributed by atoms with E-state index >= 15 is 0 Å². The van der Waals surface area contributed by atoms with Crippen molar-refractivity contribution in [1.82, 2.24) is 4.57 Å². The summed E-state index contributed by atoms with van der Waals surface area (Å²) < 4.78 is 1.76. The van der Waals surface area contributed by atoms with Gasteiger partial charge < -0.3 is 0 Å². The molecule has 0 fully saturated rings. The van der Waals surface area contributed by atoms with Crippen molar-refractivity contribution in [2.45, 2.75) is 26.7 Å². The zero-order chi connectivity index (χ0) is 12.4. The van der Waals surface area contributed by atoms with E-state index in [-0.39, 0.29) is 5.91 Å². The SMILES string of the molecule is Cc1ccn(C(=O)c2ccccc2)c1C(C)C. The van der Waals surface area contributed by atoms with Gasteiger partial charge in [0.1, 0.15) is 0 Å². The molecule has 1 heterocycles. The summed E-state index contributed by atoms with van der Waals surface area (Å²) in [4.78, 5) is 12.3. The van der Waals surface area contributed by atoms with Crippen LogP contribution in [0.15, 0.2) is 42.6 Å². The van der Waals surface area contributed by atoms with Gasteiger partial charge in [0.2, 0.25) is 0 Å². The number of carbonyl (C=O) groups is 1. The lowest BCUT2D eigenvalue weighted by Gasteiger charge is -2.12. The normalized spacial score (nSPS) is 10.8. The molecule has 2 heteroatoms. The molecular weight excluding hydrogens is 210 g/mol. The predicted octanol–water partition coefficient (Wildman–Crippen LogP) is 3.61. The van der Waals surface area contributed by atoms with E-state index in [0.29, 0.717) is 5.92 Å². The van der Waals surface area contributed by atoms with E-state index in [1.54, 1.807) is 4.57 Å². The van der Waals surface area contributed by atoms with Gasteiger partial charge in [0.05, 0.1) is 0 Å². The molecule has 0 saturated carbocycles. The van der Waals surface area contributed by atoms with Crippen LogP contribution in [0.2, 0.25) is 0 Å². The second-order valence-electron chi connectivity index (χ2n) is 4.58. The second-order valence-corrected chi connectivity index (χ2v) is 4.58. The third-order valence-electron chi connectivity index (χ3n) is 2.92. The molecule has 1 aromatic carbocycles. The lowest BCUT2D eigenvalue weighted by molar-refractivity contribution is 0.0956. The number of benzene rings is 1. The minimum atomic E-state index is 0.0439. The van der Waals surface area contributed by atoms with Crippen LogP contribution >= 0.6 is 0 Å². The first-order valence-corrected chi connectivity index (χ1v) is 5.89. The maximum absolute atomic E-state index is 12.3. The largest absolute Gasteiger partial charge is 0.287 e. The molecule has 0 N–H and O–H groups in total. The number of carbonyl (C=O) groups excluding carboxylic acids is 1. The Labute approximate surface area is 102 Å². The fourth-order valence-electron chi connectivity index (χ4n) is 2.17. The van der Waals surface area contributed by atoms with Crippen LogP contribution in [0, 0.1) is 6.92 Å². The lowest BCUT2D eigenvalue weighted by Crippen LogP contribution is -2.15. The van der Waals surface area contributed by atoms with Crippen molar-refractivity contribution in [2.75, 3.05) is 0 Å². The molecular formula is C15H17NO. The summed E-state index contributed by atoms with van der Waals surface area (Å²) >= 11 is 0. The molecule has 88 valence electrons. The van der Waals surface area contributed by atoms with Crippen LogP contribution in [0.5, 0.6) is 0 Å². The molecule has 2 nitrogen and oxygen atoms in total. The first-order chi connectivity index (χ1) is 8.11. The average Bonchev–Trinajstić information content (AvgIpc) is 2.71. The van der Waals surface area contributed by atoms with Crippen molar-refractivity contribution in [3.8, 4) is 0 Å². The molecule has 0 unspecified atom stereocenters. The van der Waals surface area contributed by atoms with E-state index in [1.165, 1.54) is 5.56 Å². The Morgan fingerprint density at radius 2 is 1.76 bits per heavy atom. The van der Waals surface area contributed by atoms with E-state index in [0.717, 1.165) is 11.3 Å². The standard InChI is InChI=1S/C15H17NO/c1-11(2)14-12(3)9-10-16(14)15(17)13-7-5-4-6-8-13/h4-11H,1-3H3. The number of aryl methyl sites for hydroxylation is 1. The molecule has 0 radical (unpaired) electrons. The predicted molar refractivity (Wildman–Crippen MR) is 69.4 cm³/mol. The first-order valence-electron chi connectivity index (χ1n) is 5.89. The fourth-order valence-corrected chi connectivity index (χ4v) is 2.17. The average molecular weight is 227 g/mol. The molecule has 0 aliphatic carbocycles. The zero-order valence-electron chi connectivity index (χ0n) is 10.5. The van der Waals surface area contributed by atoms with E-state index in [2.05, 4.69) is 13.8 Å². The van der Waals surface area contributed by atoms with Gasteiger partial charge in [-0.2, -0.15) is 0 Å². The first kappa shape index (κ1) is 11.6. The highest BCUT2D eigenvalue weighted by molar-refractivity contribution is 5.96. The van der Waals surface area contributed by atoms with Crippen LogP contribution in [0.4, 0.5) is 0 Å². The maximum atomic E-state index is 12.3. The van der Waals surface area contributed by atoms with Gasteiger partial charge in [-0.3, -0.25) is 9.36 Å². The molecule has 0 spiro atoms. The van der Waals surface area contributed by atoms with Gasteiger partial charge in [0.25, 0.3) is 5.91 Å². The minimum Gasteiger partial charge on any atom is -0.287 e. The molecule has 0 aliphatic heterocycles. The van der Waals surface area contributed by atoms with E-state index < -0.39 is 0 Å². The van der Waals surface area contributed by atoms with Crippen LogP contribution in [0.1, 0.15) is 41.4 Å². The molecule has 0 amide bonds. The summed E-state index contributed by atoms with van der Waals surface area (Å²) in [5.74, 6) is 0.389. The van der Waals surface area contributed by atoms with Crippen LogP contribution in [0.25, 0.3) is 0 Å². The van der Waals surface area contributed by atoms with Gasteiger partial charge in [-0.05, 0) is 36.6 Å². The number of nitrogens with zero attached hydrogens (tertiary/aromatic N) is 1. The van der Waals surface area contributed by atoms with Gasteiger partial charge in [-0.25, -0.2) is 0 Å². The Balaban J connectivity index is 2.45. The van der Waals surface area contributed by atoms with Crippen LogP contribution in [-0.2, 0) is 0 Å². The number of hydrogen-bond acceptors (Lipinski definition) is 1. The fraction of sp³-hybridized carbons (Fsp3) is 0.267. The van der Waals surface area contributed by atoms with Crippen LogP contribution < -0.4 is 0 Å². The molecule has 17 heavy (non-hydrogen) atoms. The third-order valence-corrected chi connectivity index (χ3v) is 2.92. The smallest absolute Gasteiger partial charge is 0.262 e. The summed E-state index contributed by atoms with van der Waals surface area (Å²) in [7, 11) is 0. The Bertz CT molecular complexity index is 523. The molecule has 2 aromatic rings. The summed E-state index contributed by atoms with van der Waals surface area (Å²) in [6.07, 6.45) is 1.86. The van der Waals surface area contributed by atoms with Gasteiger partial charge in [-0.15, -0.1) is 0 Å². The summed E-state index contributed by atoms with van der Waals surface area (Å²) in [5, 5.41) is 0. The highest BCUT2D eigenvalue weighted by Gasteiger charge is 2.15. The van der Waals surface area contributed by atoms with Crippen molar-refractivity contribution in [3.05, 3.63) is 59.4 Å². The molecule has 0 saturated heterocycles. The van der Waals surface area contributed by atoms with Crippen molar-refractivity contribution < 1.29 is 4.79 Å². The second kappa shape index (κ2) is 4.58. The van der Waals surface area contributed by atoms with Crippen molar-refractivity contribution >= 4 is 5.91 Å². The molecule has 1 aromatic heterocycles. The monoisotopic (exact) mass is 227 g/mol. The van der Waals surface area contributed by atoms with Crippen molar-refractivity contribution in [1.29, 1.82) is 0 Å². The highest BCUT2D eigenvalue weighted by atomic mass is 16.2. The minimum absolute atomic E-state index is 0.0439. The quantitative estimate of drug-likeness (QED) is 0.768. The van der Waals surface area contributed by atoms with Gasteiger partial charge in [0, 0.05) is 17.5 Å². The molecule has 0 atom stereocenters. The summed E-state index contributed by atoms with van der Waals surface area (Å²) in [5.41, 5.74) is 2.99. The molecule has 2 rings (SSSR count). The lowest BCUT2D eigenvalue weighted by atomic mass is 10.1.